The fraction of sp³-hybridized carbons (Fsp3) is 0.529. The van der Waals surface area contributed by atoms with Gasteiger partial charge in [-0.25, -0.2) is 4.98 Å². The van der Waals surface area contributed by atoms with Crippen LogP contribution in [0.15, 0.2) is 42.9 Å². The van der Waals surface area contributed by atoms with Crippen LogP contribution in [-0.2, 0) is 6.54 Å². The van der Waals surface area contributed by atoms with Gasteiger partial charge in [0.2, 0.25) is 0 Å². The Hall–Kier alpha value is -2.39. The van der Waals surface area contributed by atoms with E-state index in [1.54, 1.807) is 17.0 Å². The maximum absolute atomic E-state index is 7.03. The molecular formula is C34H47ClN6OSn. The molecule has 1 aromatic carbocycles. The Morgan fingerprint density at radius 1 is 0.977 bits per heavy atom. The van der Waals surface area contributed by atoms with Crippen LogP contribution in [0.2, 0.25) is 18.3 Å². The van der Waals surface area contributed by atoms with Crippen LogP contribution in [0.3, 0.4) is 0 Å². The predicted octanol–water partition coefficient (Wildman–Crippen LogP) is 8.48. The van der Waals surface area contributed by atoms with Crippen LogP contribution in [0.5, 0.6) is 5.88 Å². The Morgan fingerprint density at radius 3 is 2.33 bits per heavy atom. The zero-order valence-electron chi connectivity index (χ0n) is 26.6. The molecule has 4 heterocycles. The molecule has 0 saturated carbocycles. The van der Waals surface area contributed by atoms with Crippen LogP contribution in [0, 0.1) is 6.92 Å². The normalized spacial score (nSPS) is 15.1. The molecule has 0 aliphatic carbocycles. The first-order chi connectivity index (χ1) is 20.9. The van der Waals surface area contributed by atoms with Crippen LogP contribution in [0.25, 0.3) is 17.2 Å². The zero-order valence-corrected chi connectivity index (χ0v) is 30.2. The number of methoxy groups -OCH3 is 1. The van der Waals surface area contributed by atoms with Crippen molar-refractivity contribution in [1.29, 1.82) is 0 Å². The first kappa shape index (κ1) is 32.0. The summed E-state index contributed by atoms with van der Waals surface area (Å²) in [7, 11) is 1.64. The minimum atomic E-state index is -2.62. The summed E-state index contributed by atoms with van der Waals surface area (Å²) < 4.78 is 15.7. The summed E-state index contributed by atoms with van der Waals surface area (Å²) in [6.07, 6.45) is 13.7. The van der Waals surface area contributed by atoms with Crippen molar-refractivity contribution in [2.45, 2.75) is 105 Å². The fourth-order valence-electron chi connectivity index (χ4n) is 6.71. The molecule has 43 heavy (non-hydrogen) atoms. The number of benzene rings is 1. The van der Waals surface area contributed by atoms with Crippen LogP contribution in [0.1, 0.15) is 95.1 Å². The topological polar surface area (TPSA) is 70.7 Å². The van der Waals surface area contributed by atoms with E-state index in [4.69, 9.17) is 31.4 Å². The van der Waals surface area contributed by atoms with Gasteiger partial charge < -0.3 is 0 Å². The Morgan fingerprint density at radius 2 is 1.70 bits per heavy atom. The molecule has 230 valence electrons. The number of unbranched alkanes of at least 4 members (excludes halogenated alkanes) is 3. The molecule has 0 amide bonds. The van der Waals surface area contributed by atoms with E-state index in [1.807, 2.05) is 29.8 Å². The number of nitrogens with zero attached hydrogens (tertiary/aromatic N) is 6. The molecule has 0 radical (unpaired) electrons. The van der Waals surface area contributed by atoms with Crippen LogP contribution in [-0.4, -0.2) is 54.8 Å². The molecule has 1 aliphatic rings. The number of aromatic nitrogens is 6. The van der Waals surface area contributed by atoms with E-state index in [2.05, 4.69) is 48.6 Å². The second-order valence-corrected chi connectivity index (χ2v) is 25.8. The van der Waals surface area contributed by atoms with Gasteiger partial charge in [0.05, 0.1) is 12.0 Å². The van der Waals surface area contributed by atoms with Crippen molar-refractivity contribution in [3.8, 4) is 23.1 Å². The Kier molecular flexibility index (Phi) is 10.9. The van der Waals surface area contributed by atoms with Gasteiger partial charge in [-0.1, -0.05) is 0 Å². The predicted molar refractivity (Wildman–Crippen MR) is 179 cm³/mol. The Balaban J connectivity index is 1.51. The summed E-state index contributed by atoms with van der Waals surface area (Å²) in [4.78, 5) is 14.3. The molecule has 5 rings (SSSR count). The number of hydrogen-bond acceptors (Lipinski definition) is 5. The minimum absolute atomic E-state index is 0.130. The van der Waals surface area contributed by atoms with E-state index in [0.29, 0.717) is 17.4 Å². The third-order valence-corrected chi connectivity index (χ3v) is 25.1. The molecule has 0 saturated heterocycles. The number of fused-ring (bicyclic) bond motifs is 1. The van der Waals surface area contributed by atoms with Crippen molar-refractivity contribution in [1.82, 2.24) is 29.3 Å². The number of rotatable bonds is 14. The second-order valence-electron chi connectivity index (χ2n) is 12.2. The van der Waals surface area contributed by atoms with Crippen molar-refractivity contribution in [2.24, 2.45) is 0 Å². The molecule has 9 heteroatoms. The number of halogens is 1. The van der Waals surface area contributed by atoms with Crippen molar-refractivity contribution < 1.29 is 4.74 Å². The molecule has 0 bridgehead atoms. The average molecular weight is 710 g/mol. The number of imidazole rings is 1. The van der Waals surface area contributed by atoms with E-state index in [9.17, 15) is 0 Å². The van der Waals surface area contributed by atoms with Crippen LogP contribution >= 0.6 is 11.6 Å². The Labute approximate surface area is 266 Å². The third kappa shape index (κ3) is 6.98. The first-order valence-corrected chi connectivity index (χ1v) is 24.1. The second kappa shape index (κ2) is 14.6. The molecule has 7 nitrogen and oxygen atoms in total. The molecule has 3 aromatic heterocycles. The van der Waals surface area contributed by atoms with Crippen molar-refractivity contribution >= 4 is 33.6 Å². The third-order valence-electron chi connectivity index (χ3n) is 9.14. The average Bonchev–Trinajstić information content (AvgIpc) is 3.67. The summed E-state index contributed by atoms with van der Waals surface area (Å²) in [6, 6.07) is 11.1. The van der Waals surface area contributed by atoms with E-state index in [1.165, 1.54) is 57.4 Å². The van der Waals surface area contributed by atoms with Gasteiger partial charge in [0.15, 0.2) is 0 Å². The van der Waals surface area contributed by atoms with Gasteiger partial charge in [0, 0.05) is 6.20 Å². The van der Waals surface area contributed by atoms with Gasteiger partial charge in [-0.2, -0.15) is 0 Å². The quantitative estimate of drug-likeness (QED) is 0.123. The molecule has 1 atom stereocenters. The molecular weight excluding hydrogens is 663 g/mol. The summed E-state index contributed by atoms with van der Waals surface area (Å²) in [5.41, 5.74) is 3.71. The number of ether oxygens (including phenoxy) is 1. The first-order valence-electron chi connectivity index (χ1n) is 16.2. The summed E-state index contributed by atoms with van der Waals surface area (Å²) >= 11 is 4.41. The maximum atomic E-state index is 7.03. The standard InChI is InChI=1S/C22H20ClN6O.3C4H9.Sn/c1-14-12-28(13-24-14)19-10-9-18(25-22(19)30-2)20-26-21-16(7-5-11-29(21)27-20)15-6-3-4-8-17(15)23;3*1-3-4-2;/h4,6,8-10,12-13,16H,5,7,11H2,1-2H3;3*1,3-4H2,2H3;. The molecule has 1 unspecified atom stereocenters. The van der Waals surface area contributed by atoms with E-state index >= 15 is 0 Å². The molecule has 4 aromatic rings. The van der Waals surface area contributed by atoms with E-state index in [-0.39, 0.29) is 5.92 Å². The van der Waals surface area contributed by atoms with Crippen LogP contribution < -0.4 is 8.32 Å². The molecule has 0 spiro atoms. The summed E-state index contributed by atoms with van der Waals surface area (Å²) in [6.45, 7) is 9.84. The molecule has 0 fully saturated rings. The molecule has 0 N–H and O–H groups in total. The van der Waals surface area contributed by atoms with Gasteiger partial charge in [-0.05, 0) is 6.92 Å². The van der Waals surface area contributed by atoms with Crippen molar-refractivity contribution in [2.75, 3.05) is 7.11 Å². The summed E-state index contributed by atoms with van der Waals surface area (Å²) in [5, 5.41) is 5.79. The van der Waals surface area contributed by atoms with Crippen molar-refractivity contribution in [3.05, 3.63) is 65.0 Å². The number of pyridine rings is 1. The van der Waals surface area contributed by atoms with Crippen molar-refractivity contribution in [3.63, 3.8) is 0 Å². The Bertz CT molecular complexity index is 1490. The van der Waals surface area contributed by atoms with E-state index < -0.39 is 18.4 Å². The molecule has 1 aliphatic heterocycles. The zero-order chi connectivity index (χ0) is 30.4. The van der Waals surface area contributed by atoms with Gasteiger partial charge in [0.1, 0.15) is 0 Å². The van der Waals surface area contributed by atoms with Gasteiger partial charge in [-0.15, -0.1) is 0 Å². The van der Waals surface area contributed by atoms with E-state index in [0.717, 1.165) is 41.6 Å². The van der Waals surface area contributed by atoms with Crippen LogP contribution in [0.4, 0.5) is 0 Å². The SMILES string of the molecule is CCC[CH2][Sn]([CH2]CCC)([CH2]CCC)[c]1ccc(Cl)c(C2CCCn3nc(-c4ccc(-n5cnc(C)c5)c(OC)n4)nc32)c1. The van der Waals surface area contributed by atoms with Gasteiger partial charge in [-0.3, -0.25) is 0 Å². The monoisotopic (exact) mass is 710 g/mol. The van der Waals surface area contributed by atoms with Gasteiger partial charge in [0.25, 0.3) is 0 Å². The summed E-state index contributed by atoms with van der Waals surface area (Å²) in [5.74, 6) is 2.27. The number of hydrogen-bond donors (Lipinski definition) is 0. The van der Waals surface area contributed by atoms with Gasteiger partial charge >= 0.3 is 237 Å². The fourth-order valence-corrected chi connectivity index (χ4v) is 23.0. The number of aryl methyl sites for hydroxylation is 2.